The van der Waals surface area contributed by atoms with Crippen LogP contribution in [-0.4, -0.2) is 6.54 Å². The van der Waals surface area contributed by atoms with Gasteiger partial charge >= 0.3 is 0 Å². The van der Waals surface area contributed by atoms with Gasteiger partial charge in [-0.2, -0.15) is 0 Å². The minimum Gasteiger partial charge on any atom is -0.464 e. The van der Waals surface area contributed by atoms with Crippen LogP contribution in [0.2, 0.25) is 5.02 Å². The zero-order chi connectivity index (χ0) is 13.8. The largest absolute Gasteiger partial charge is 0.464 e. The fourth-order valence-corrected chi connectivity index (χ4v) is 2.95. The zero-order valence-corrected chi connectivity index (χ0v) is 13.4. The van der Waals surface area contributed by atoms with Crippen molar-refractivity contribution in [3.8, 4) is 0 Å². The number of hydrogen-bond acceptors (Lipinski definition) is 2. The Morgan fingerprint density at radius 3 is 2.63 bits per heavy atom. The summed E-state index contributed by atoms with van der Waals surface area (Å²) >= 11 is 9.57. The van der Waals surface area contributed by atoms with E-state index in [0.717, 1.165) is 39.5 Å². The smallest absolute Gasteiger partial charge is 0.125 e. The van der Waals surface area contributed by atoms with Gasteiger partial charge in [-0.3, -0.25) is 0 Å². The third-order valence-corrected chi connectivity index (χ3v) is 3.92. The number of furan rings is 1. The van der Waals surface area contributed by atoms with Crippen molar-refractivity contribution in [1.29, 1.82) is 0 Å². The number of nitrogens with one attached hydrogen (secondary N) is 1. The molecule has 1 aromatic heterocycles. The lowest BCUT2D eigenvalue weighted by molar-refractivity contribution is 0.425. The molecule has 1 atom stereocenters. The summed E-state index contributed by atoms with van der Waals surface area (Å²) in [5.74, 6) is 1.93. The normalized spacial score (nSPS) is 12.6. The molecular formula is C15H17BrClNO. The van der Waals surface area contributed by atoms with E-state index in [-0.39, 0.29) is 6.04 Å². The van der Waals surface area contributed by atoms with E-state index in [2.05, 4.69) is 35.1 Å². The van der Waals surface area contributed by atoms with Crippen LogP contribution < -0.4 is 5.32 Å². The molecular weight excluding hydrogens is 326 g/mol. The second kappa shape index (κ2) is 6.60. The summed E-state index contributed by atoms with van der Waals surface area (Å²) in [6, 6.07) is 9.93. The van der Waals surface area contributed by atoms with Gasteiger partial charge in [0.05, 0.1) is 6.04 Å². The summed E-state index contributed by atoms with van der Waals surface area (Å²) in [7, 11) is 0. The summed E-state index contributed by atoms with van der Waals surface area (Å²) in [6.07, 6.45) is 0.903. The van der Waals surface area contributed by atoms with E-state index in [9.17, 15) is 0 Å². The molecule has 2 aromatic rings. The standard InChI is InChI=1S/C15H17BrClNO/c1-3-11-6-8-14(19-11)15(18-4-2)12-7-5-10(17)9-13(12)16/h5-9,15,18H,3-4H2,1-2H3. The van der Waals surface area contributed by atoms with Crippen molar-refractivity contribution in [3.63, 3.8) is 0 Å². The maximum Gasteiger partial charge on any atom is 0.125 e. The van der Waals surface area contributed by atoms with Crippen molar-refractivity contribution in [2.24, 2.45) is 0 Å². The first-order chi connectivity index (χ1) is 9.15. The van der Waals surface area contributed by atoms with Crippen LogP contribution in [0.5, 0.6) is 0 Å². The molecule has 102 valence electrons. The van der Waals surface area contributed by atoms with Gasteiger partial charge in [0, 0.05) is 15.9 Å². The van der Waals surface area contributed by atoms with Crippen LogP contribution in [0.3, 0.4) is 0 Å². The van der Waals surface area contributed by atoms with Crippen molar-refractivity contribution >= 4 is 27.5 Å². The molecule has 0 aliphatic rings. The van der Waals surface area contributed by atoms with E-state index in [0.29, 0.717) is 0 Å². The molecule has 0 amide bonds. The average Bonchev–Trinajstić information content (AvgIpc) is 2.85. The fraction of sp³-hybridized carbons (Fsp3) is 0.333. The zero-order valence-electron chi connectivity index (χ0n) is 11.0. The first-order valence-corrected chi connectivity index (χ1v) is 7.59. The van der Waals surface area contributed by atoms with Crippen molar-refractivity contribution in [3.05, 3.63) is 56.9 Å². The predicted octanol–water partition coefficient (Wildman–Crippen LogP) is 4.96. The molecule has 1 unspecified atom stereocenters. The van der Waals surface area contributed by atoms with Crippen molar-refractivity contribution in [2.45, 2.75) is 26.3 Å². The molecule has 1 heterocycles. The molecule has 1 N–H and O–H groups in total. The van der Waals surface area contributed by atoms with E-state index in [1.807, 2.05) is 30.3 Å². The maximum absolute atomic E-state index is 6.00. The maximum atomic E-state index is 6.00. The van der Waals surface area contributed by atoms with Gasteiger partial charge in [0.15, 0.2) is 0 Å². The third-order valence-electron chi connectivity index (χ3n) is 3.00. The Hall–Kier alpha value is -0.770. The van der Waals surface area contributed by atoms with Crippen LogP contribution in [0.4, 0.5) is 0 Å². The Morgan fingerprint density at radius 2 is 2.05 bits per heavy atom. The Kier molecular flexibility index (Phi) is 5.08. The summed E-state index contributed by atoms with van der Waals surface area (Å²) in [5, 5.41) is 4.17. The minimum atomic E-state index is 0.0388. The first-order valence-electron chi connectivity index (χ1n) is 6.42. The molecule has 1 aromatic carbocycles. The summed E-state index contributed by atoms with van der Waals surface area (Å²) in [5.41, 5.74) is 1.13. The third kappa shape index (κ3) is 3.41. The van der Waals surface area contributed by atoms with Crippen LogP contribution in [0.15, 0.2) is 39.2 Å². The van der Waals surface area contributed by atoms with Crippen molar-refractivity contribution in [2.75, 3.05) is 6.54 Å². The molecule has 2 rings (SSSR count). The van der Waals surface area contributed by atoms with E-state index in [4.69, 9.17) is 16.0 Å². The van der Waals surface area contributed by atoms with Crippen LogP contribution in [0.1, 0.15) is 37.0 Å². The molecule has 0 fully saturated rings. The molecule has 0 aliphatic heterocycles. The van der Waals surface area contributed by atoms with E-state index < -0.39 is 0 Å². The number of halogens is 2. The summed E-state index contributed by atoms with van der Waals surface area (Å²) in [6.45, 7) is 5.03. The van der Waals surface area contributed by atoms with E-state index in [1.165, 1.54) is 0 Å². The Morgan fingerprint density at radius 1 is 1.26 bits per heavy atom. The quantitative estimate of drug-likeness (QED) is 0.831. The number of benzene rings is 1. The van der Waals surface area contributed by atoms with Gasteiger partial charge in [-0.15, -0.1) is 0 Å². The van der Waals surface area contributed by atoms with Gasteiger partial charge in [-0.05, 0) is 36.4 Å². The molecule has 0 spiro atoms. The highest BCUT2D eigenvalue weighted by Crippen LogP contribution is 2.31. The molecule has 0 radical (unpaired) electrons. The summed E-state index contributed by atoms with van der Waals surface area (Å²) in [4.78, 5) is 0. The lowest BCUT2D eigenvalue weighted by Crippen LogP contribution is -2.21. The predicted molar refractivity (Wildman–Crippen MR) is 82.8 cm³/mol. The number of aryl methyl sites for hydroxylation is 1. The number of hydrogen-bond donors (Lipinski definition) is 1. The average molecular weight is 343 g/mol. The second-order valence-electron chi connectivity index (χ2n) is 4.31. The van der Waals surface area contributed by atoms with E-state index >= 15 is 0 Å². The highest BCUT2D eigenvalue weighted by molar-refractivity contribution is 9.10. The molecule has 0 saturated carbocycles. The van der Waals surface area contributed by atoms with Gasteiger partial charge in [-0.1, -0.05) is 47.4 Å². The summed E-state index contributed by atoms with van der Waals surface area (Å²) < 4.78 is 6.86. The van der Waals surface area contributed by atoms with Crippen molar-refractivity contribution < 1.29 is 4.42 Å². The van der Waals surface area contributed by atoms with Gasteiger partial charge in [0.25, 0.3) is 0 Å². The molecule has 0 saturated heterocycles. The monoisotopic (exact) mass is 341 g/mol. The molecule has 2 nitrogen and oxygen atoms in total. The van der Waals surface area contributed by atoms with Gasteiger partial charge < -0.3 is 9.73 Å². The van der Waals surface area contributed by atoms with Gasteiger partial charge in [0.1, 0.15) is 11.5 Å². The number of rotatable bonds is 5. The van der Waals surface area contributed by atoms with Crippen LogP contribution in [-0.2, 0) is 6.42 Å². The molecule has 4 heteroatoms. The Bertz CT molecular complexity index is 553. The van der Waals surface area contributed by atoms with Crippen LogP contribution >= 0.6 is 27.5 Å². The van der Waals surface area contributed by atoms with Crippen LogP contribution in [0.25, 0.3) is 0 Å². The van der Waals surface area contributed by atoms with Gasteiger partial charge in [0.2, 0.25) is 0 Å². The topological polar surface area (TPSA) is 25.2 Å². The lowest BCUT2D eigenvalue weighted by atomic mass is 10.0. The second-order valence-corrected chi connectivity index (χ2v) is 5.60. The van der Waals surface area contributed by atoms with E-state index in [1.54, 1.807) is 0 Å². The molecule has 0 aliphatic carbocycles. The molecule has 0 bridgehead atoms. The lowest BCUT2D eigenvalue weighted by Gasteiger charge is -2.17. The van der Waals surface area contributed by atoms with Gasteiger partial charge in [-0.25, -0.2) is 0 Å². The molecule has 19 heavy (non-hydrogen) atoms. The Balaban J connectivity index is 2.38. The highest BCUT2D eigenvalue weighted by Gasteiger charge is 2.19. The highest BCUT2D eigenvalue weighted by atomic mass is 79.9. The first kappa shape index (κ1) is 14.6. The SMILES string of the molecule is CCNC(c1ccc(CC)o1)c1ccc(Cl)cc1Br. The Labute approximate surface area is 127 Å². The minimum absolute atomic E-state index is 0.0388. The van der Waals surface area contributed by atoms with Crippen molar-refractivity contribution in [1.82, 2.24) is 5.32 Å². The fourth-order valence-electron chi connectivity index (χ4n) is 2.04. The van der Waals surface area contributed by atoms with Crippen LogP contribution in [0, 0.1) is 0 Å².